The van der Waals surface area contributed by atoms with Crippen molar-refractivity contribution in [3.8, 4) is 17.0 Å². The van der Waals surface area contributed by atoms with Crippen LogP contribution in [0.5, 0.6) is 5.75 Å². The van der Waals surface area contributed by atoms with Gasteiger partial charge in [0.1, 0.15) is 11.3 Å². The molecule has 5 nitrogen and oxygen atoms in total. The predicted molar refractivity (Wildman–Crippen MR) is 95.0 cm³/mol. The fourth-order valence-corrected chi connectivity index (χ4v) is 3.11. The number of hydrogen-bond acceptors (Lipinski definition) is 6. The number of benzene rings is 2. The molecule has 118 valence electrons. The minimum Gasteiger partial charge on any atom is -0.508 e. The topological polar surface area (TPSA) is 75.4 Å². The van der Waals surface area contributed by atoms with Crippen molar-refractivity contribution < 1.29 is 9.52 Å². The van der Waals surface area contributed by atoms with Crippen molar-refractivity contribution in [1.29, 1.82) is 0 Å². The number of rotatable bonds is 3. The van der Waals surface area contributed by atoms with E-state index in [1.807, 2.05) is 35.7 Å². The molecule has 0 spiro atoms. The average Bonchev–Trinajstić information content (AvgIpc) is 3.03. The van der Waals surface area contributed by atoms with Crippen molar-refractivity contribution in [3.05, 3.63) is 70.4 Å². The highest BCUT2D eigenvalue weighted by atomic mass is 32.1. The van der Waals surface area contributed by atoms with Crippen LogP contribution >= 0.6 is 11.3 Å². The van der Waals surface area contributed by atoms with E-state index in [1.165, 1.54) is 17.4 Å². The number of phenolic OH excluding ortho intramolecular Hbond substituents is 1. The van der Waals surface area contributed by atoms with Gasteiger partial charge >= 0.3 is 5.63 Å². The van der Waals surface area contributed by atoms with Gasteiger partial charge in [-0.05, 0) is 30.3 Å². The first-order valence-electron chi connectivity index (χ1n) is 7.24. The number of aromatic nitrogens is 1. The number of phenols is 1. The van der Waals surface area contributed by atoms with E-state index in [2.05, 4.69) is 10.3 Å². The van der Waals surface area contributed by atoms with Gasteiger partial charge in [-0.15, -0.1) is 11.3 Å². The van der Waals surface area contributed by atoms with Gasteiger partial charge in [-0.3, -0.25) is 0 Å². The Balaban J connectivity index is 1.71. The number of anilines is 2. The fraction of sp³-hybridized carbons (Fsp3) is 0. The summed E-state index contributed by atoms with van der Waals surface area (Å²) in [6, 6.07) is 16.1. The first-order valence-corrected chi connectivity index (χ1v) is 8.12. The van der Waals surface area contributed by atoms with Crippen molar-refractivity contribution in [3.63, 3.8) is 0 Å². The Bertz CT molecular complexity index is 1070. The van der Waals surface area contributed by atoms with E-state index in [0.717, 1.165) is 11.1 Å². The van der Waals surface area contributed by atoms with Crippen molar-refractivity contribution in [2.75, 3.05) is 5.32 Å². The summed E-state index contributed by atoms with van der Waals surface area (Å²) in [6.45, 7) is 0. The standard InChI is InChI=1S/C18H12N2O3S/c21-13-7-6-11-8-14(17(22)23-16(11)9-13)15-10-24-18(20-15)19-12-4-2-1-3-5-12/h1-10,21H,(H,19,20). The summed E-state index contributed by atoms with van der Waals surface area (Å²) in [5.41, 5.74) is 1.75. The van der Waals surface area contributed by atoms with Crippen LogP contribution < -0.4 is 10.9 Å². The summed E-state index contributed by atoms with van der Waals surface area (Å²) in [6.07, 6.45) is 0. The molecule has 0 aliphatic rings. The third-order valence-corrected chi connectivity index (χ3v) is 4.28. The Hall–Kier alpha value is -3.12. The number of aromatic hydroxyl groups is 1. The SMILES string of the molecule is O=c1oc2cc(O)ccc2cc1-c1csc(Nc2ccccc2)n1. The van der Waals surface area contributed by atoms with Gasteiger partial charge in [0, 0.05) is 22.5 Å². The first kappa shape index (κ1) is 14.5. The molecule has 0 fully saturated rings. The summed E-state index contributed by atoms with van der Waals surface area (Å²) < 4.78 is 5.28. The monoisotopic (exact) mass is 336 g/mol. The number of nitrogens with zero attached hydrogens (tertiary/aromatic N) is 1. The summed E-state index contributed by atoms with van der Waals surface area (Å²) in [5.74, 6) is 0.0569. The van der Waals surface area contributed by atoms with E-state index >= 15 is 0 Å². The quantitative estimate of drug-likeness (QED) is 0.544. The van der Waals surface area contributed by atoms with E-state index < -0.39 is 5.63 Å². The zero-order valence-electron chi connectivity index (χ0n) is 12.4. The number of hydrogen-bond donors (Lipinski definition) is 2. The van der Waals surface area contributed by atoms with Gasteiger partial charge in [-0.25, -0.2) is 9.78 Å². The maximum atomic E-state index is 12.2. The second kappa shape index (κ2) is 5.82. The molecule has 0 aliphatic heterocycles. The molecule has 0 atom stereocenters. The molecular weight excluding hydrogens is 324 g/mol. The van der Waals surface area contributed by atoms with E-state index in [9.17, 15) is 9.90 Å². The molecule has 2 heterocycles. The number of thiazole rings is 1. The highest BCUT2D eigenvalue weighted by Gasteiger charge is 2.12. The summed E-state index contributed by atoms with van der Waals surface area (Å²) in [7, 11) is 0. The lowest BCUT2D eigenvalue weighted by atomic mass is 10.1. The summed E-state index contributed by atoms with van der Waals surface area (Å²) >= 11 is 1.41. The lowest BCUT2D eigenvalue weighted by Crippen LogP contribution is -2.03. The molecule has 24 heavy (non-hydrogen) atoms. The second-order valence-electron chi connectivity index (χ2n) is 5.20. The number of fused-ring (bicyclic) bond motifs is 1. The third kappa shape index (κ3) is 2.75. The van der Waals surface area contributed by atoms with E-state index in [4.69, 9.17) is 4.42 Å². The molecule has 0 unspecified atom stereocenters. The molecule has 0 saturated heterocycles. The predicted octanol–water partition coefficient (Wildman–Crippen LogP) is 4.37. The molecule has 0 aliphatic carbocycles. The molecule has 0 saturated carbocycles. The maximum absolute atomic E-state index is 12.2. The molecule has 0 amide bonds. The minimum atomic E-state index is -0.482. The Kier molecular flexibility index (Phi) is 3.51. The normalized spacial score (nSPS) is 10.8. The molecule has 4 aromatic rings. The Morgan fingerprint density at radius 3 is 2.75 bits per heavy atom. The van der Waals surface area contributed by atoms with E-state index in [0.29, 0.717) is 22.0 Å². The highest BCUT2D eigenvalue weighted by molar-refractivity contribution is 7.14. The van der Waals surface area contributed by atoms with Crippen LogP contribution in [0.15, 0.2) is 69.2 Å². The summed E-state index contributed by atoms with van der Waals surface area (Å²) in [5, 5.41) is 15.9. The van der Waals surface area contributed by atoms with Crippen LogP contribution in [0.2, 0.25) is 0 Å². The largest absolute Gasteiger partial charge is 0.508 e. The van der Waals surface area contributed by atoms with Crippen LogP contribution in [-0.2, 0) is 0 Å². The van der Waals surface area contributed by atoms with Crippen LogP contribution in [-0.4, -0.2) is 10.1 Å². The van der Waals surface area contributed by atoms with Crippen molar-refractivity contribution >= 4 is 33.1 Å². The van der Waals surface area contributed by atoms with E-state index in [-0.39, 0.29) is 5.75 Å². The van der Waals surface area contributed by atoms with Gasteiger partial charge in [0.2, 0.25) is 0 Å². The molecule has 2 aromatic carbocycles. The third-order valence-electron chi connectivity index (χ3n) is 3.52. The number of nitrogens with one attached hydrogen (secondary N) is 1. The molecule has 0 bridgehead atoms. The van der Waals surface area contributed by atoms with Gasteiger partial charge in [-0.1, -0.05) is 18.2 Å². The van der Waals surface area contributed by atoms with Crippen LogP contribution in [0.3, 0.4) is 0 Å². The minimum absolute atomic E-state index is 0.0569. The zero-order valence-corrected chi connectivity index (χ0v) is 13.2. The summed E-state index contributed by atoms with van der Waals surface area (Å²) in [4.78, 5) is 16.7. The van der Waals surface area contributed by atoms with Crippen LogP contribution in [0, 0.1) is 0 Å². The zero-order chi connectivity index (χ0) is 16.5. The molecule has 2 aromatic heterocycles. The van der Waals surface area contributed by atoms with Gasteiger partial charge in [-0.2, -0.15) is 0 Å². The Labute approximate surface area is 140 Å². The van der Waals surface area contributed by atoms with E-state index in [1.54, 1.807) is 18.2 Å². The van der Waals surface area contributed by atoms with Crippen molar-refractivity contribution in [2.24, 2.45) is 0 Å². The lowest BCUT2D eigenvalue weighted by Gasteiger charge is -2.01. The fourth-order valence-electron chi connectivity index (χ4n) is 2.38. The highest BCUT2D eigenvalue weighted by Crippen LogP contribution is 2.28. The van der Waals surface area contributed by atoms with Gasteiger partial charge in [0.25, 0.3) is 0 Å². The van der Waals surface area contributed by atoms with Crippen molar-refractivity contribution in [2.45, 2.75) is 0 Å². The van der Waals surface area contributed by atoms with Crippen LogP contribution in [0.1, 0.15) is 0 Å². The molecular formula is C18H12N2O3S. The Morgan fingerprint density at radius 1 is 1.08 bits per heavy atom. The van der Waals surface area contributed by atoms with Gasteiger partial charge in [0.05, 0.1) is 11.3 Å². The van der Waals surface area contributed by atoms with Gasteiger partial charge in [0.15, 0.2) is 5.13 Å². The molecule has 6 heteroatoms. The number of para-hydroxylation sites is 1. The maximum Gasteiger partial charge on any atom is 0.345 e. The second-order valence-corrected chi connectivity index (χ2v) is 6.06. The molecule has 0 radical (unpaired) electrons. The molecule has 4 rings (SSSR count). The Morgan fingerprint density at radius 2 is 1.92 bits per heavy atom. The first-order chi connectivity index (χ1) is 11.7. The molecule has 2 N–H and O–H groups in total. The lowest BCUT2D eigenvalue weighted by molar-refractivity contribution is 0.473. The smallest absolute Gasteiger partial charge is 0.345 e. The van der Waals surface area contributed by atoms with Crippen molar-refractivity contribution in [1.82, 2.24) is 4.98 Å². The van der Waals surface area contributed by atoms with Crippen LogP contribution in [0.25, 0.3) is 22.2 Å². The van der Waals surface area contributed by atoms with Crippen LogP contribution in [0.4, 0.5) is 10.8 Å². The van der Waals surface area contributed by atoms with Gasteiger partial charge < -0.3 is 14.8 Å². The average molecular weight is 336 g/mol.